The molecule has 0 saturated carbocycles. The number of rotatable bonds is 3. The van der Waals surface area contributed by atoms with E-state index in [9.17, 15) is 5.26 Å². The molecule has 0 radical (unpaired) electrons. The van der Waals surface area contributed by atoms with Crippen molar-refractivity contribution in [1.82, 2.24) is 0 Å². The van der Waals surface area contributed by atoms with Crippen LogP contribution in [0.1, 0.15) is 22.7 Å². The van der Waals surface area contributed by atoms with Crippen LogP contribution >= 0.6 is 11.8 Å². The monoisotopic (exact) mass is 296 g/mol. The van der Waals surface area contributed by atoms with Gasteiger partial charge in [0.25, 0.3) is 0 Å². The van der Waals surface area contributed by atoms with Gasteiger partial charge in [-0.3, -0.25) is 0 Å². The van der Waals surface area contributed by atoms with E-state index in [-0.39, 0.29) is 6.04 Å². The molecule has 1 aliphatic rings. The van der Waals surface area contributed by atoms with Gasteiger partial charge in [-0.15, -0.1) is 0 Å². The molecule has 1 atom stereocenters. The van der Waals surface area contributed by atoms with Gasteiger partial charge < -0.3 is 10.1 Å². The molecule has 1 N–H and O–H groups in total. The molecule has 0 aliphatic carbocycles. The normalized spacial score (nSPS) is 16.7. The number of nitrogens with one attached hydrogen (secondary N) is 1. The van der Waals surface area contributed by atoms with E-state index >= 15 is 0 Å². The zero-order chi connectivity index (χ0) is 14.7. The van der Waals surface area contributed by atoms with Gasteiger partial charge in [0.1, 0.15) is 11.8 Å². The average Bonchev–Trinajstić information content (AvgIpc) is 2.55. The van der Waals surface area contributed by atoms with Crippen molar-refractivity contribution in [3.05, 3.63) is 59.2 Å². The number of para-hydroxylation sites is 1. The number of nitrogens with zero attached hydrogens (tertiary/aromatic N) is 1. The van der Waals surface area contributed by atoms with Crippen molar-refractivity contribution >= 4 is 17.4 Å². The van der Waals surface area contributed by atoms with E-state index in [0.717, 1.165) is 17.2 Å². The third-order valence-corrected chi connectivity index (χ3v) is 4.74. The zero-order valence-corrected chi connectivity index (χ0v) is 12.6. The third kappa shape index (κ3) is 2.70. The van der Waals surface area contributed by atoms with Gasteiger partial charge in [-0.2, -0.15) is 17.0 Å². The van der Waals surface area contributed by atoms with E-state index in [1.807, 2.05) is 30.0 Å². The van der Waals surface area contributed by atoms with Gasteiger partial charge in [0.15, 0.2) is 0 Å². The highest BCUT2D eigenvalue weighted by atomic mass is 32.2. The molecule has 0 saturated heterocycles. The molecule has 4 heteroatoms. The zero-order valence-electron chi connectivity index (χ0n) is 11.8. The van der Waals surface area contributed by atoms with E-state index in [1.165, 1.54) is 11.1 Å². The number of fused-ring (bicyclic) bond motifs is 1. The fourth-order valence-electron chi connectivity index (χ4n) is 2.62. The summed E-state index contributed by atoms with van der Waals surface area (Å²) in [4.78, 5) is 0. The van der Waals surface area contributed by atoms with Crippen LogP contribution in [0.4, 0.5) is 5.69 Å². The van der Waals surface area contributed by atoms with Crippen LogP contribution in [0.5, 0.6) is 5.75 Å². The lowest BCUT2D eigenvalue weighted by molar-refractivity contribution is 0.416. The molecule has 2 aromatic rings. The van der Waals surface area contributed by atoms with Crippen LogP contribution < -0.4 is 10.1 Å². The number of ether oxygens (including phenoxy) is 1. The van der Waals surface area contributed by atoms with Gasteiger partial charge in [-0.1, -0.05) is 30.3 Å². The fraction of sp³-hybridized carbons (Fsp3) is 0.235. The molecule has 3 rings (SSSR count). The fourth-order valence-corrected chi connectivity index (χ4v) is 3.72. The van der Waals surface area contributed by atoms with Crippen molar-refractivity contribution < 1.29 is 4.74 Å². The van der Waals surface area contributed by atoms with Crippen LogP contribution in [0.2, 0.25) is 0 Å². The third-order valence-electron chi connectivity index (χ3n) is 3.66. The Bertz CT molecular complexity index is 693. The van der Waals surface area contributed by atoms with Crippen LogP contribution in [0.3, 0.4) is 0 Å². The summed E-state index contributed by atoms with van der Waals surface area (Å²) in [6, 6.07) is 16.4. The summed E-state index contributed by atoms with van der Waals surface area (Å²) < 4.78 is 5.40. The van der Waals surface area contributed by atoms with Crippen LogP contribution in [0, 0.1) is 11.3 Å². The average molecular weight is 296 g/mol. The van der Waals surface area contributed by atoms with Crippen molar-refractivity contribution in [2.75, 3.05) is 18.2 Å². The first-order valence-corrected chi connectivity index (χ1v) is 7.98. The number of hydrogen-bond acceptors (Lipinski definition) is 4. The van der Waals surface area contributed by atoms with Gasteiger partial charge in [0.2, 0.25) is 0 Å². The van der Waals surface area contributed by atoms with Gasteiger partial charge in [0, 0.05) is 11.5 Å². The Labute approximate surface area is 128 Å². The first kappa shape index (κ1) is 13.8. The first-order chi connectivity index (χ1) is 10.3. The van der Waals surface area contributed by atoms with Crippen molar-refractivity contribution in [1.29, 1.82) is 5.26 Å². The maximum absolute atomic E-state index is 9.31. The molecular weight excluding hydrogens is 280 g/mol. The maximum Gasteiger partial charge on any atom is 0.143 e. The molecule has 0 amide bonds. The summed E-state index contributed by atoms with van der Waals surface area (Å²) in [7, 11) is 1.63. The smallest absolute Gasteiger partial charge is 0.143 e. The molecule has 2 aromatic carbocycles. The predicted octanol–water partition coefficient (Wildman–Crippen LogP) is 3.97. The second kappa shape index (κ2) is 6.11. The highest BCUT2D eigenvalue weighted by Gasteiger charge is 2.22. The Hall–Kier alpha value is -2.12. The standard InChI is InChI=1S/C17H16N2OS/c1-20-16-8-4-6-12(9-18)17(16)19-15-11-21-10-13-5-2-3-7-14(13)15/h2-8,15,19H,10-11H2,1H3. The van der Waals surface area contributed by atoms with Crippen molar-refractivity contribution in [2.45, 2.75) is 11.8 Å². The van der Waals surface area contributed by atoms with Crippen molar-refractivity contribution in [3.63, 3.8) is 0 Å². The van der Waals surface area contributed by atoms with Gasteiger partial charge in [-0.25, -0.2) is 0 Å². The Balaban J connectivity index is 1.97. The largest absolute Gasteiger partial charge is 0.495 e. The summed E-state index contributed by atoms with van der Waals surface area (Å²) in [5, 5.41) is 12.8. The Kier molecular flexibility index (Phi) is 4.03. The van der Waals surface area contributed by atoms with Crippen molar-refractivity contribution in [3.8, 4) is 11.8 Å². The topological polar surface area (TPSA) is 45.0 Å². The number of hydrogen-bond donors (Lipinski definition) is 1. The van der Waals surface area contributed by atoms with Crippen LogP contribution in [0.15, 0.2) is 42.5 Å². The number of benzene rings is 2. The predicted molar refractivity (Wildman–Crippen MR) is 86.7 cm³/mol. The second-order valence-electron chi connectivity index (χ2n) is 4.91. The molecule has 3 nitrogen and oxygen atoms in total. The van der Waals surface area contributed by atoms with E-state index in [2.05, 4.69) is 35.7 Å². The quantitative estimate of drug-likeness (QED) is 0.931. The minimum Gasteiger partial charge on any atom is -0.495 e. The molecule has 1 unspecified atom stereocenters. The molecule has 106 valence electrons. The molecule has 0 bridgehead atoms. The number of nitriles is 1. The van der Waals surface area contributed by atoms with Gasteiger partial charge in [0.05, 0.1) is 24.4 Å². The number of methoxy groups -OCH3 is 1. The number of thioether (sulfide) groups is 1. The van der Waals surface area contributed by atoms with Crippen molar-refractivity contribution in [2.24, 2.45) is 0 Å². The molecule has 0 fully saturated rings. The van der Waals surface area contributed by atoms with Gasteiger partial charge in [-0.05, 0) is 23.3 Å². The van der Waals surface area contributed by atoms with E-state index in [1.54, 1.807) is 7.11 Å². The highest BCUT2D eigenvalue weighted by Crippen LogP contribution is 2.37. The van der Waals surface area contributed by atoms with E-state index in [0.29, 0.717) is 11.3 Å². The second-order valence-corrected chi connectivity index (χ2v) is 5.94. The minimum absolute atomic E-state index is 0.198. The molecule has 1 heterocycles. The Morgan fingerprint density at radius 1 is 1.24 bits per heavy atom. The Morgan fingerprint density at radius 2 is 2.10 bits per heavy atom. The molecule has 1 aliphatic heterocycles. The molecule has 21 heavy (non-hydrogen) atoms. The van der Waals surface area contributed by atoms with Crippen LogP contribution in [0.25, 0.3) is 0 Å². The van der Waals surface area contributed by atoms with Crippen LogP contribution in [-0.4, -0.2) is 12.9 Å². The molecule has 0 aromatic heterocycles. The maximum atomic E-state index is 9.31. The van der Waals surface area contributed by atoms with Gasteiger partial charge >= 0.3 is 0 Å². The minimum atomic E-state index is 0.198. The Morgan fingerprint density at radius 3 is 2.90 bits per heavy atom. The van der Waals surface area contributed by atoms with E-state index in [4.69, 9.17) is 4.74 Å². The number of anilines is 1. The lowest BCUT2D eigenvalue weighted by Gasteiger charge is -2.27. The summed E-state index contributed by atoms with van der Waals surface area (Å²) in [5.41, 5.74) is 4.07. The molecule has 0 spiro atoms. The summed E-state index contributed by atoms with van der Waals surface area (Å²) in [6.45, 7) is 0. The lowest BCUT2D eigenvalue weighted by Crippen LogP contribution is -2.19. The summed E-state index contributed by atoms with van der Waals surface area (Å²) in [6.07, 6.45) is 0. The van der Waals surface area contributed by atoms with Crippen LogP contribution in [-0.2, 0) is 5.75 Å². The lowest BCUT2D eigenvalue weighted by atomic mass is 10.0. The summed E-state index contributed by atoms with van der Waals surface area (Å²) in [5.74, 6) is 2.74. The summed E-state index contributed by atoms with van der Waals surface area (Å²) >= 11 is 1.91. The highest BCUT2D eigenvalue weighted by molar-refractivity contribution is 7.98. The first-order valence-electron chi connectivity index (χ1n) is 6.82. The van der Waals surface area contributed by atoms with E-state index < -0.39 is 0 Å². The molecular formula is C17H16N2OS. The SMILES string of the molecule is COc1cccc(C#N)c1NC1CSCc2ccccc21.